The Morgan fingerprint density at radius 1 is 1.11 bits per heavy atom. The lowest BCUT2D eigenvalue weighted by Gasteiger charge is -2.30. The number of amides is 2. The van der Waals surface area contributed by atoms with Crippen molar-refractivity contribution in [3.05, 3.63) is 77.1 Å². The second kappa shape index (κ2) is 10.6. The number of hydrogen-bond acceptors (Lipinski definition) is 6. The number of benzene rings is 2. The summed E-state index contributed by atoms with van der Waals surface area (Å²) in [5, 5.41) is 10.5. The van der Waals surface area contributed by atoms with E-state index in [4.69, 9.17) is 21.7 Å². The van der Waals surface area contributed by atoms with E-state index in [0.717, 1.165) is 22.4 Å². The van der Waals surface area contributed by atoms with E-state index in [0.29, 0.717) is 28.5 Å². The second-order valence-electron chi connectivity index (χ2n) is 8.32. The summed E-state index contributed by atoms with van der Waals surface area (Å²) in [6, 6.07) is 15.7. The van der Waals surface area contributed by atoms with E-state index in [1.807, 2.05) is 31.2 Å². The van der Waals surface area contributed by atoms with Gasteiger partial charge >= 0.3 is 6.03 Å². The first-order chi connectivity index (χ1) is 17.3. The van der Waals surface area contributed by atoms with Crippen molar-refractivity contribution < 1.29 is 9.59 Å². The summed E-state index contributed by atoms with van der Waals surface area (Å²) < 4.78 is 3.38. The van der Waals surface area contributed by atoms with Gasteiger partial charge in [-0.1, -0.05) is 23.7 Å². The van der Waals surface area contributed by atoms with Crippen LogP contribution in [0.4, 0.5) is 10.6 Å². The van der Waals surface area contributed by atoms with Crippen molar-refractivity contribution in [1.29, 1.82) is 0 Å². The maximum atomic E-state index is 13.5. The normalized spacial score (nSPS) is 11.8. The molecule has 0 saturated heterocycles. The van der Waals surface area contributed by atoms with E-state index in [1.165, 1.54) is 9.80 Å². The van der Waals surface area contributed by atoms with E-state index in [-0.39, 0.29) is 17.5 Å². The third-order valence-corrected chi connectivity index (χ3v) is 6.64. The van der Waals surface area contributed by atoms with Crippen LogP contribution in [0.1, 0.15) is 29.0 Å². The molecular weight excluding hydrogens is 498 g/mol. The molecule has 2 aromatic carbocycles. The number of imidazole rings is 1. The van der Waals surface area contributed by atoms with Gasteiger partial charge in [0.15, 0.2) is 17.9 Å². The van der Waals surface area contributed by atoms with Gasteiger partial charge in [-0.05, 0) is 66.9 Å². The molecule has 186 valence electrons. The number of carbonyl (C=O) groups is 2. The molecular formula is C25H26ClN7O2S. The van der Waals surface area contributed by atoms with Crippen LogP contribution in [0.15, 0.2) is 65.7 Å². The zero-order chi connectivity index (χ0) is 26.0. The highest BCUT2D eigenvalue weighted by atomic mass is 35.5. The molecule has 0 aliphatic heterocycles. The number of aryl methyl sites for hydroxylation is 1. The van der Waals surface area contributed by atoms with Crippen LogP contribution < -0.4 is 10.0 Å². The van der Waals surface area contributed by atoms with Crippen LogP contribution in [-0.2, 0) is 7.05 Å². The third kappa shape index (κ3) is 4.75. The van der Waals surface area contributed by atoms with E-state index in [9.17, 15) is 9.59 Å². The fourth-order valence-electron chi connectivity index (χ4n) is 3.95. The lowest BCUT2D eigenvalue weighted by Crippen LogP contribution is -2.41. The average molecular weight is 524 g/mol. The quantitative estimate of drug-likeness (QED) is 0.271. The van der Waals surface area contributed by atoms with Gasteiger partial charge in [-0.15, -0.1) is 0 Å². The smallest absolute Gasteiger partial charge is 0.325 e. The van der Waals surface area contributed by atoms with E-state index in [2.05, 4.69) is 5.10 Å². The molecule has 2 aromatic heterocycles. The van der Waals surface area contributed by atoms with Gasteiger partial charge in [0.2, 0.25) is 0 Å². The number of halogens is 1. The van der Waals surface area contributed by atoms with Crippen LogP contribution >= 0.6 is 23.5 Å². The Kier molecular flexibility index (Phi) is 7.48. The fourth-order valence-corrected chi connectivity index (χ4v) is 4.37. The standard InChI is InChI=1S/C25H26ClN7O2S/c1-16(17-5-11-20(36-27)12-6-17)32(25(35)30(2)3)24-22(15-34)33(19-9-7-18(26)8-10-19)23(29-24)21-13-14-28-31(21)4/h5-16H,27H2,1-4H3. The number of nitrogens with two attached hydrogens (primary N) is 1. The molecule has 0 aliphatic rings. The molecule has 0 bridgehead atoms. The Labute approximate surface area is 218 Å². The van der Waals surface area contributed by atoms with Gasteiger partial charge in [-0.2, -0.15) is 5.10 Å². The fraction of sp³-hybridized carbons (Fsp3) is 0.200. The monoisotopic (exact) mass is 523 g/mol. The highest BCUT2D eigenvalue weighted by Gasteiger charge is 2.32. The molecule has 0 radical (unpaired) electrons. The largest absolute Gasteiger partial charge is 0.330 e. The van der Waals surface area contributed by atoms with Crippen LogP contribution in [0.5, 0.6) is 0 Å². The molecule has 1 unspecified atom stereocenters. The summed E-state index contributed by atoms with van der Waals surface area (Å²) in [6.45, 7) is 1.89. The van der Waals surface area contributed by atoms with Gasteiger partial charge in [0.25, 0.3) is 0 Å². The number of aldehydes is 1. The van der Waals surface area contributed by atoms with Crippen molar-refractivity contribution in [3.8, 4) is 17.2 Å². The number of rotatable bonds is 7. The molecule has 36 heavy (non-hydrogen) atoms. The minimum Gasteiger partial charge on any atom is -0.330 e. The summed E-state index contributed by atoms with van der Waals surface area (Å²) in [4.78, 5) is 34.9. The van der Waals surface area contributed by atoms with Gasteiger partial charge in [0.05, 0.1) is 6.04 Å². The Bertz CT molecular complexity index is 1380. The zero-order valence-corrected chi connectivity index (χ0v) is 21.9. The molecule has 2 heterocycles. The predicted molar refractivity (Wildman–Crippen MR) is 143 cm³/mol. The zero-order valence-electron chi connectivity index (χ0n) is 20.3. The molecule has 9 nitrogen and oxygen atoms in total. The molecule has 0 aliphatic carbocycles. The Morgan fingerprint density at radius 3 is 2.31 bits per heavy atom. The molecule has 0 saturated carbocycles. The maximum absolute atomic E-state index is 13.5. The first-order valence-corrected chi connectivity index (χ1v) is 12.3. The van der Waals surface area contributed by atoms with E-state index < -0.39 is 6.04 Å². The SMILES string of the molecule is CC(c1ccc(SN)cc1)N(C(=O)N(C)C)c1nc(-c2ccnn2C)n(-c2ccc(Cl)cc2)c1C=O. The van der Waals surface area contributed by atoms with Gasteiger partial charge in [0.1, 0.15) is 11.4 Å². The van der Waals surface area contributed by atoms with Crippen LogP contribution in [-0.4, -0.2) is 50.6 Å². The molecule has 4 aromatic rings. The summed E-state index contributed by atoms with van der Waals surface area (Å²) >= 11 is 7.27. The third-order valence-electron chi connectivity index (χ3n) is 5.84. The van der Waals surface area contributed by atoms with Crippen LogP contribution in [0, 0.1) is 0 Å². The van der Waals surface area contributed by atoms with Gasteiger partial charge in [-0.3, -0.25) is 24.1 Å². The number of urea groups is 1. The molecule has 1 atom stereocenters. The molecule has 0 spiro atoms. The number of carbonyl (C=O) groups excluding carboxylic acids is 2. The molecule has 2 amide bonds. The van der Waals surface area contributed by atoms with E-state index >= 15 is 0 Å². The molecule has 4 rings (SSSR count). The second-order valence-corrected chi connectivity index (χ2v) is 9.47. The summed E-state index contributed by atoms with van der Waals surface area (Å²) in [7, 11) is 5.11. The molecule has 0 fully saturated rings. The number of anilines is 1. The Balaban J connectivity index is 1.97. The predicted octanol–water partition coefficient (Wildman–Crippen LogP) is 4.95. The highest BCUT2D eigenvalue weighted by Crippen LogP contribution is 2.35. The number of nitrogens with zero attached hydrogens (tertiary/aromatic N) is 6. The Morgan fingerprint density at radius 2 is 1.78 bits per heavy atom. The molecule has 11 heteroatoms. The first-order valence-electron chi connectivity index (χ1n) is 11.1. The summed E-state index contributed by atoms with van der Waals surface area (Å²) in [5.74, 6) is 0.702. The van der Waals surface area contributed by atoms with Gasteiger partial charge in [-0.25, -0.2) is 9.78 Å². The van der Waals surface area contributed by atoms with Crippen molar-refractivity contribution in [1.82, 2.24) is 24.2 Å². The maximum Gasteiger partial charge on any atom is 0.325 e. The number of aromatic nitrogens is 4. The minimum absolute atomic E-state index is 0.227. The lowest BCUT2D eigenvalue weighted by molar-refractivity contribution is 0.111. The van der Waals surface area contributed by atoms with Gasteiger partial charge < -0.3 is 4.90 Å². The molecule has 2 N–H and O–H groups in total. The summed E-state index contributed by atoms with van der Waals surface area (Å²) in [5.41, 5.74) is 2.44. The van der Waals surface area contributed by atoms with Crippen LogP contribution in [0.25, 0.3) is 17.2 Å². The average Bonchev–Trinajstić information content (AvgIpc) is 3.47. The van der Waals surface area contributed by atoms with E-state index in [1.54, 1.807) is 66.9 Å². The van der Waals surface area contributed by atoms with Crippen molar-refractivity contribution >= 4 is 41.7 Å². The van der Waals surface area contributed by atoms with Crippen molar-refractivity contribution in [2.24, 2.45) is 12.2 Å². The van der Waals surface area contributed by atoms with Crippen LogP contribution in [0.3, 0.4) is 0 Å². The van der Waals surface area contributed by atoms with Crippen molar-refractivity contribution in [2.45, 2.75) is 17.9 Å². The van der Waals surface area contributed by atoms with Crippen molar-refractivity contribution in [3.63, 3.8) is 0 Å². The van der Waals surface area contributed by atoms with Crippen LogP contribution in [0.2, 0.25) is 5.02 Å². The first kappa shape index (κ1) is 25.5. The Hall–Kier alpha value is -3.60. The summed E-state index contributed by atoms with van der Waals surface area (Å²) in [6.07, 6.45) is 2.37. The number of hydrogen-bond donors (Lipinski definition) is 1. The minimum atomic E-state index is -0.441. The topological polar surface area (TPSA) is 102 Å². The highest BCUT2D eigenvalue weighted by molar-refractivity contribution is 7.97. The van der Waals surface area contributed by atoms with Gasteiger partial charge in [0, 0.05) is 42.9 Å². The lowest BCUT2D eigenvalue weighted by atomic mass is 10.1. The van der Waals surface area contributed by atoms with Crippen molar-refractivity contribution in [2.75, 3.05) is 19.0 Å².